The standard InChI is InChI=1S/C11H17N5O2S/c1-19(17,18)14-6-2-5-13-11-15-9-4-3-8(12)7-10(9)16-11/h3-4,7,14H,2,5-6,12H2,1H3,(H2,13,15,16). The number of nitrogens with zero attached hydrogens (tertiary/aromatic N) is 1. The lowest BCUT2D eigenvalue weighted by molar-refractivity contribution is 0.586. The van der Waals surface area contributed by atoms with Crippen LogP contribution in [0.25, 0.3) is 11.0 Å². The second-order valence-electron chi connectivity index (χ2n) is 4.31. The van der Waals surface area contributed by atoms with Crippen molar-refractivity contribution >= 4 is 32.7 Å². The molecule has 0 saturated carbocycles. The summed E-state index contributed by atoms with van der Waals surface area (Å²) in [4.78, 5) is 7.44. The van der Waals surface area contributed by atoms with Crippen molar-refractivity contribution in [3.63, 3.8) is 0 Å². The maximum absolute atomic E-state index is 10.9. The minimum absolute atomic E-state index is 0.402. The third-order valence-electron chi connectivity index (χ3n) is 2.52. The molecule has 1 aromatic heterocycles. The fourth-order valence-corrected chi connectivity index (χ4v) is 2.18. The zero-order valence-corrected chi connectivity index (χ0v) is 11.4. The van der Waals surface area contributed by atoms with Gasteiger partial charge in [-0.25, -0.2) is 18.1 Å². The van der Waals surface area contributed by atoms with Gasteiger partial charge in [0, 0.05) is 18.8 Å². The molecule has 19 heavy (non-hydrogen) atoms. The average Bonchev–Trinajstić information content (AvgIpc) is 2.68. The van der Waals surface area contributed by atoms with Gasteiger partial charge in [-0.1, -0.05) is 0 Å². The topological polar surface area (TPSA) is 113 Å². The number of nitrogens with one attached hydrogen (secondary N) is 3. The van der Waals surface area contributed by atoms with Gasteiger partial charge >= 0.3 is 0 Å². The maximum Gasteiger partial charge on any atom is 0.208 e. The van der Waals surface area contributed by atoms with E-state index in [4.69, 9.17) is 5.73 Å². The van der Waals surface area contributed by atoms with E-state index in [9.17, 15) is 8.42 Å². The number of nitrogen functional groups attached to an aromatic ring is 1. The summed E-state index contributed by atoms with van der Waals surface area (Å²) in [5, 5.41) is 3.10. The fraction of sp³-hybridized carbons (Fsp3) is 0.364. The first-order valence-corrected chi connectivity index (χ1v) is 7.77. The lowest BCUT2D eigenvalue weighted by Crippen LogP contribution is -2.24. The number of H-pyrrole nitrogens is 1. The van der Waals surface area contributed by atoms with E-state index < -0.39 is 10.0 Å². The number of imidazole rings is 1. The van der Waals surface area contributed by atoms with Crippen molar-refractivity contribution in [1.82, 2.24) is 14.7 Å². The Morgan fingerprint density at radius 1 is 1.37 bits per heavy atom. The molecule has 0 radical (unpaired) electrons. The summed E-state index contributed by atoms with van der Waals surface area (Å²) in [5.41, 5.74) is 8.07. The van der Waals surface area contributed by atoms with Gasteiger partial charge in [0.2, 0.25) is 16.0 Å². The van der Waals surface area contributed by atoms with E-state index in [-0.39, 0.29) is 0 Å². The lowest BCUT2D eigenvalue weighted by Gasteiger charge is -2.03. The Labute approximate surface area is 111 Å². The number of hydrogen-bond donors (Lipinski definition) is 4. The minimum Gasteiger partial charge on any atom is -0.399 e. The van der Waals surface area contributed by atoms with Gasteiger partial charge in [0.1, 0.15) is 0 Å². The monoisotopic (exact) mass is 283 g/mol. The molecule has 0 aliphatic heterocycles. The Morgan fingerprint density at radius 3 is 2.89 bits per heavy atom. The van der Waals surface area contributed by atoms with Crippen LogP contribution in [0.15, 0.2) is 18.2 Å². The number of nitrogens with two attached hydrogens (primary N) is 1. The summed E-state index contributed by atoms with van der Waals surface area (Å²) >= 11 is 0. The second-order valence-corrected chi connectivity index (χ2v) is 6.14. The lowest BCUT2D eigenvalue weighted by atomic mass is 10.3. The Bertz CT molecular complexity index is 665. The van der Waals surface area contributed by atoms with Gasteiger partial charge in [0.05, 0.1) is 17.3 Å². The van der Waals surface area contributed by atoms with Crippen LogP contribution in [0.5, 0.6) is 0 Å². The molecule has 1 aromatic carbocycles. The highest BCUT2D eigenvalue weighted by Gasteiger charge is 2.03. The predicted octanol–water partition coefficient (Wildman–Crippen LogP) is 0.496. The first-order valence-electron chi connectivity index (χ1n) is 5.88. The Kier molecular flexibility index (Phi) is 3.91. The summed E-state index contributed by atoms with van der Waals surface area (Å²) < 4.78 is 24.1. The van der Waals surface area contributed by atoms with Gasteiger partial charge in [-0.3, -0.25) is 0 Å². The summed E-state index contributed by atoms with van der Waals surface area (Å²) in [6, 6.07) is 5.46. The third-order valence-corrected chi connectivity index (χ3v) is 3.24. The number of aromatic nitrogens is 2. The van der Waals surface area contributed by atoms with Crippen LogP contribution >= 0.6 is 0 Å². The first-order chi connectivity index (χ1) is 8.94. The Balaban J connectivity index is 1.85. The highest BCUT2D eigenvalue weighted by atomic mass is 32.2. The van der Waals surface area contributed by atoms with Crippen molar-refractivity contribution in [3.05, 3.63) is 18.2 Å². The number of fused-ring (bicyclic) bond motifs is 1. The van der Waals surface area contributed by atoms with Crippen LogP contribution in [0.2, 0.25) is 0 Å². The molecule has 1 heterocycles. The molecule has 0 aliphatic rings. The van der Waals surface area contributed by atoms with Crippen molar-refractivity contribution in [2.24, 2.45) is 0 Å². The highest BCUT2D eigenvalue weighted by molar-refractivity contribution is 7.88. The van der Waals surface area contributed by atoms with Gasteiger partial charge in [-0.05, 0) is 24.6 Å². The van der Waals surface area contributed by atoms with Crippen molar-refractivity contribution in [3.8, 4) is 0 Å². The molecular weight excluding hydrogens is 266 g/mol. The molecule has 5 N–H and O–H groups in total. The van der Waals surface area contributed by atoms with Crippen LogP contribution < -0.4 is 15.8 Å². The largest absolute Gasteiger partial charge is 0.399 e. The number of benzene rings is 1. The van der Waals surface area contributed by atoms with Gasteiger partial charge in [0.15, 0.2) is 0 Å². The molecule has 8 heteroatoms. The highest BCUT2D eigenvalue weighted by Crippen LogP contribution is 2.16. The Hall–Kier alpha value is -1.80. The van der Waals surface area contributed by atoms with E-state index in [2.05, 4.69) is 20.0 Å². The van der Waals surface area contributed by atoms with Crippen LogP contribution in [0.4, 0.5) is 11.6 Å². The van der Waals surface area contributed by atoms with Crippen LogP contribution in [0.1, 0.15) is 6.42 Å². The SMILES string of the molecule is CS(=O)(=O)NCCCNc1nc2ccc(N)cc2[nH]1. The molecule has 0 aliphatic carbocycles. The van der Waals surface area contributed by atoms with Gasteiger partial charge in [-0.15, -0.1) is 0 Å². The van der Waals surface area contributed by atoms with Crippen LogP contribution in [0.3, 0.4) is 0 Å². The van der Waals surface area contributed by atoms with Crippen LogP contribution in [-0.4, -0.2) is 37.7 Å². The summed E-state index contributed by atoms with van der Waals surface area (Å²) in [7, 11) is -3.11. The molecule has 0 amide bonds. The zero-order valence-electron chi connectivity index (χ0n) is 10.6. The molecule has 0 saturated heterocycles. The van der Waals surface area contributed by atoms with Crippen LogP contribution in [0, 0.1) is 0 Å². The maximum atomic E-state index is 10.9. The first kappa shape index (κ1) is 13.6. The van der Waals surface area contributed by atoms with E-state index in [1.165, 1.54) is 0 Å². The molecule has 0 spiro atoms. The predicted molar refractivity (Wildman–Crippen MR) is 76.5 cm³/mol. The van der Waals surface area contributed by atoms with E-state index in [0.29, 0.717) is 31.1 Å². The summed E-state index contributed by atoms with van der Waals surface area (Å²) in [6.45, 7) is 1.02. The van der Waals surface area contributed by atoms with Gasteiger partial charge < -0.3 is 16.0 Å². The van der Waals surface area contributed by atoms with E-state index in [1.54, 1.807) is 6.07 Å². The van der Waals surface area contributed by atoms with Crippen molar-refractivity contribution in [2.75, 3.05) is 30.4 Å². The van der Waals surface area contributed by atoms with Gasteiger partial charge in [-0.2, -0.15) is 0 Å². The molecular formula is C11H17N5O2S. The average molecular weight is 283 g/mol. The van der Waals surface area contributed by atoms with E-state index >= 15 is 0 Å². The summed E-state index contributed by atoms with van der Waals surface area (Å²) in [5.74, 6) is 0.653. The van der Waals surface area contributed by atoms with Crippen molar-refractivity contribution in [2.45, 2.75) is 6.42 Å². The molecule has 2 aromatic rings. The number of aromatic amines is 1. The molecule has 104 valence electrons. The van der Waals surface area contributed by atoms with E-state index in [0.717, 1.165) is 17.3 Å². The fourth-order valence-electron chi connectivity index (χ4n) is 1.66. The smallest absolute Gasteiger partial charge is 0.208 e. The van der Waals surface area contributed by atoms with Gasteiger partial charge in [0.25, 0.3) is 0 Å². The van der Waals surface area contributed by atoms with Crippen LogP contribution in [-0.2, 0) is 10.0 Å². The minimum atomic E-state index is -3.11. The zero-order chi connectivity index (χ0) is 13.9. The molecule has 0 atom stereocenters. The molecule has 7 nitrogen and oxygen atoms in total. The molecule has 2 rings (SSSR count). The number of rotatable bonds is 6. The van der Waals surface area contributed by atoms with Crippen molar-refractivity contribution < 1.29 is 8.42 Å². The summed E-state index contributed by atoms with van der Waals surface area (Å²) in [6.07, 6.45) is 1.82. The quantitative estimate of drug-likeness (QED) is 0.455. The molecule has 0 unspecified atom stereocenters. The molecule has 0 bridgehead atoms. The number of sulfonamides is 1. The van der Waals surface area contributed by atoms with E-state index in [1.807, 2.05) is 12.1 Å². The van der Waals surface area contributed by atoms with Crippen molar-refractivity contribution in [1.29, 1.82) is 0 Å². The second kappa shape index (κ2) is 5.45. The number of anilines is 2. The molecule has 0 fully saturated rings. The normalized spacial score (nSPS) is 11.8. The third kappa shape index (κ3) is 4.11. The Morgan fingerprint density at radius 2 is 2.16 bits per heavy atom. The number of hydrogen-bond acceptors (Lipinski definition) is 5.